The second-order valence-electron chi connectivity index (χ2n) is 4.06. The third-order valence-corrected chi connectivity index (χ3v) is 2.98. The Morgan fingerprint density at radius 2 is 2.11 bits per heavy atom. The molecule has 3 heterocycles. The molecule has 0 aliphatic heterocycles. The van der Waals surface area contributed by atoms with E-state index >= 15 is 0 Å². The average Bonchev–Trinajstić information content (AvgIpc) is 2.78. The van der Waals surface area contributed by atoms with E-state index in [2.05, 4.69) is 9.97 Å². The highest BCUT2D eigenvalue weighted by Crippen LogP contribution is 2.06. The molecule has 7 heteroatoms. The number of rotatable bonds is 2. The van der Waals surface area contributed by atoms with Crippen LogP contribution in [0.25, 0.3) is 5.65 Å². The van der Waals surface area contributed by atoms with Crippen molar-refractivity contribution in [3.63, 3.8) is 0 Å². The number of nitrogens with zero attached hydrogens (tertiary/aromatic N) is 3. The van der Waals surface area contributed by atoms with Crippen molar-refractivity contribution in [2.75, 3.05) is 0 Å². The molecule has 19 heavy (non-hydrogen) atoms. The van der Waals surface area contributed by atoms with E-state index in [-0.39, 0.29) is 11.6 Å². The maximum Gasteiger partial charge on any atom is 0.328 e. The Labute approximate surface area is 111 Å². The lowest BCUT2D eigenvalue weighted by atomic mass is 10.4. The predicted octanol–water partition coefficient (Wildman–Crippen LogP) is 0.886. The fraction of sp³-hybridized carbons (Fsp3) is 0.0833. The lowest BCUT2D eigenvalue weighted by Gasteiger charge is -2.01. The van der Waals surface area contributed by atoms with Crippen LogP contribution in [0.2, 0.25) is 5.02 Å². The van der Waals surface area contributed by atoms with Gasteiger partial charge in [-0.3, -0.25) is 14.3 Å². The summed E-state index contributed by atoms with van der Waals surface area (Å²) in [6.45, 7) is 0.247. The van der Waals surface area contributed by atoms with E-state index in [0.29, 0.717) is 5.69 Å². The van der Waals surface area contributed by atoms with E-state index in [1.165, 1.54) is 10.8 Å². The molecule has 0 bridgehead atoms. The van der Waals surface area contributed by atoms with Gasteiger partial charge in [-0.05, 0) is 12.1 Å². The summed E-state index contributed by atoms with van der Waals surface area (Å²) < 4.78 is 3.17. The maximum atomic E-state index is 11.6. The lowest BCUT2D eigenvalue weighted by molar-refractivity contribution is 0.709. The zero-order valence-electron chi connectivity index (χ0n) is 9.71. The fourth-order valence-corrected chi connectivity index (χ4v) is 2.00. The summed E-state index contributed by atoms with van der Waals surface area (Å²) >= 11 is 5.70. The predicted molar refractivity (Wildman–Crippen MR) is 70.6 cm³/mol. The first-order valence-corrected chi connectivity index (χ1v) is 5.93. The van der Waals surface area contributed by atoms with Gasteiger partial charge in [-0.2, -0.15) is 0 Å². The van der Waals surface area contributed by atoms with Crippen LogP contribution in [0.15, 0.2) is 46.4 Å². The van der Waals surface area contributed by atoms with Crippen LogP contribution < -0.4 is 11.2 Å². The molecule has 0 unspecified atom stereocenters. The Hall–Kier alpha value is -2.34. The highest BCUT2D eigenvalue weighted by atomic mass is 35.5. The number of pyridine rings is 1. The Kier molecular flexibility index (Phi) is 2.72. The monoisotopic (exact) mass is 276 g/mol. The molecule has 0 atom stereocenters. The summed E-state index contributed by atoms with van der Waals surface area (Å²) in [5.74, 6) is 0. The van der Waals surface area contributed by atoms with Crippen LogP contribution in [-0.2, 0) is 6.54 Å². The Balaban J connectivity index is 2.03. The molecule has 0 aliphatic carbocycles. The van der Waals surface area contributed by atoms with Crippen LogP contribution >= 0.6 is 11.6 Å². The van der Waals surface area contributed by atoms with Gasteiger partial charge < -0.3 is 4.40 Å². The molecule has 6 nitrogen and oxygen atoms in total. The number of imidazole rings is 1. The van der Waals surface area contributed by atoms with Crippen LogP contribution in [0.3, 0.4) is 0 Å². The van der Waals surface area contributed by atoms with Gasteiger partial charge >= 0.3 is 5.69 Å². The van der Waals surface area contributed by atoms with Crippen molar-refractivity contribution in [3.05, 3.63) is 68.3 Å². The molecular weight excluding hydrogens is 268 g/mol. The molecule has 3 rings (SSSR count). The molecule has 0 saturated heterocycles. The number of nitrogens with one attached hydrogen (secondary N) is 1. The van der Waals surface area contributed by atoms with Crippen molar-refractivity contribution in [3.8, 4) is 0 Å². The number of fused-ring (bicyclic) bond motifs is 1. The summed E-state index contributed by atoms with van der Waals surface area (Å²) in [7, 11) is 0. The van der Waals surface area contributed by atoms with Crippen LogP contribution in [0.4, 0.5) is 0 Å². The van der Waals surface area contributed by atoms with Crippen LogP contribution in [0.1, 0.15) is 5.69 Å². The van der Waals surface area contributed by atoms with E-state index in [1.807, 2.05) is 35.0 Å². The first-order chi connectivity index (χ1) is 9.13. The molecule has 96 valence electrons. The first-order valence-electron chi connectivity index (χ1n) is 5.55. The Morgan fingerprint density at radius 1 is 1.26 bits per heavy atom. The lowest BCUT2D eigenvalue weighted by Crippen LogP contribution is -2.30. The second kappa shape index (κ2) is 4.40. The quantitative estimate of drug-likeness (QED) is 0.755. The molecular formula is C12H9ClN4O2. The van der Waals surface area contributed by atoms with Gasteiger partial charge in [-0.15, -0.1) is 0 Å². The van der Waals surface area contributed by atoms with E-state index in [4.69, 9.17) is 11.6 Å². The van der Waals surface area contributed by atoms with Gasteiger partial charge in [-0.25, -0.2) is 9.78 Å². The highest BCUT2D eigenvalue weighted by Gasteiger charge is 2.06. The molecule has 0 amide bonds. The number of hydrogen-bond acceptors (Lipinski definition) is 3. The van der Waals surface area contributed by atoms with Crippen molar-refractivity contribution in [2.24, 2.45) is 0 Å². The Morgan fingerprint density at radius 3 is 2.89 bits per heavy atom. The minimum Gasteiger partial charge on any atom is -0.307 e. The maximum absolute atomic E-state index is 11.6. The first kappa shape index (κ1) is 11.7. The van der Waals surface area contributed by atoms with Gasteiger partial charge in [0, 0.05) is 18.6 Å². The van der Waals surface area contributed by atoms with E-state index < -0.39 is 11.2 Å². The van der Waals surface area contributed by atoms with Gasteiger partial charge in [0.25, 0.3) is 5.56 Å². The SMILES string of the molecule is O=c1[nH]c(=O)n(Cc2cn3ccccc3n2)cc1Cl. The normalized spacial score (nSPS) is 11.0. The summed E-state index contributed by atoms with van der Waals surface area (Å²) in [4.78, 5) is 29.3. The highest BCUT2D eigenvalue weighted by molar-refractivity contribution is 6.30. The fourth-order valence-electron chi connectivity index (χ4n) is 1.84. The summed E-state index contributed by atoms with van der Waals surface area (Å²) in [6.07, 6.45) is 5.00. The van der Waals surface area contributed by atoms with E-state index in [9.17, 15) is 9.59 Å². The molecule has 0 radical (unpaired) electrons. The van der Waals surface area contributed by atoms with Gasteiger partial charge in [0.1, 0.15) is 10.7 Å². The zero-order valence-corrected chi connectivity index (χ0v) is 10.5. The summed E-state index contributed by atoms with van der Waals surface area (Å²) in [5.41, 5.74) is 0.405. The van der Waals surface area contributed by atoms with Gasteiger partial charge in [0.15, 0.2) is 0 Å². The van der Waals surface area contributed by atoms with E-state index in [1.54, 1.807) is 0 Å². The molecule has 1 N–H and O–H groups in total. The molecule has 0 spiro atoms. The van der Waals surface area contributed by atoms with E-state index in [0.717, 1.165) is 5.65 Å². The largest absolute Gasteiger partial charge is 0.328 e. The Bertz CT molecular complexity index is 829. The molecule has 0 fully saturated rings. The molecule has 3 aromatic heterocycles. The number of aromatic nitrogens is 4. The summed E-state index contributed by atoms with van der Waals surface area (Å²) in [5, 5.41) is -0.0247. The van der Waals surface area contributed by atoms with Crippen molar-refractivity contribution in [1.82, 2.24) is 18.9 Å². The van der Waals surface area contributed by atoms with Gasteiger partial charge in [-0.1, -0.05) is 17.7 Å². The third-order valence-electron chi connectivity index (χ3n) is 2.71. The smallest absolute Gasteiger partial charge is 0.307 e. The number of aromatic amines is 1. The molecule has 0 saturated carbocycles. The number of H-pyrrole nitrogens is 1. The minimum absolute atomic E-state index is 0.0247. The zero-order chi connectivity index (χ0) is 13.4. The van der Waals surface area contributed by atoms with Crippen molar-refractivity contribution < 1.29 is 0 Å². The topological polar surface area (TPSA) is 72.2 Å². The van der Waals surface area contributed by atoms with Crippen LogP contribution in [0.5, 0.6) is 0 Å². The molecule has 0 aromatic carbocycles. The second-order valence-corrected chi connectivity index (χ2v) is 4.47. The van der Waals surface area contributed by atoms with Crippen molar-refractivity contribution in [1.29, 1.82) is 0 Å². The molecule has 0 aliphatic rings. The van der Waals surface area contributed by atoms with Crippen LogP contribution in [-0.4, -0.2) is 18.9 Å². The minimum atomic E-state index is -0.585. The van der Waals surface area contributed by atoms with Gasteiger partial charge in [0.2, 0.25) is 0 Å². The number of halogens is 1. The number of hydrogen-bond donors (Lipinski definition) is 1. The third kappa shape index (κ3) is 2.17. The van der Waals surface area contributed by atoms with Crippen molar-refractivity contribution in [2.45, 2.75) is 6.54 Å². The van der Waals surface area contributed by atoms with Crippen LogP contribution in [0, 0.1) is 0 Å². The average molecular weight is 277 g/mol. The van der Waals surface area contributed by atoms with Gasteiger partial charge in [0.05, 0.1) is 12.2 Å². The van der Waals surface area contributed by atoms with Crippen molar-refractivity contribution >= 4 is 17.2 Å². The summed E-state index contributed by atoms with van der Waals surface area (Å²) in [6, 6.07) is 5.64. The standard InChI is InChI=1S/C12H9ClN4O2/c13-9-7-17(12(19)15-11(9)18)6-8-5-16-4-2-1-3-10(16)14-8/h1-5,7H,6H2,(H,15,18,19). The molecule has 3 aromatic rings.